The highest BCUT2D eigenvalue weighted by Crippen LogP contribution is 2.32. The zero-order chi connectivity index (χ0) is 13.3. The zero-order valence-corrected chi connectivity index (χ0v) is 12.0. The van der Waals surface area contributed by atoms with Gasteiger partial charge in [-0.3, -0.25) is 4.68 Å². The van der Waals surface area contributed by atoms with Crippen LogP contribution in [0, 0.1) is 5.82 Å². The molecule has 0 amide bonds. The standard InChI is InChI=1S/C12H12BrClFN3/c1-2-18-12(8(14)6-17-18)11(16)7-4-3-5-9(15)10(7)13/h3-6,11H,2,16H2,1H3. The van der Waals surface area contributed by atoms with Gasteiger partial charge in [-0.25, -0.2) is 4.39 Å². The second-order valence-corrected chi connectivity index (χ2v) is 5.01. The van der Waals surface area contributed by atoms with E-state index in [1.165, 1.54) is 6.07 Å². The van der Waals surface area contributed by atoms with E-state index in [1.54, 1.807) is 23.0 Å². The van der Waals surface area contributed by atoms with Gasteiger partial charge in [0.1, 0.15) is 5.82 Å². The Kier molecular flexibility index (Phi) is 4.04. The molecule has 0 spiro atoms. The second-order valence-electron chi connectivity index (χ2n) is 3.81. The number of aromatic nitrogens is 2. The highest BCUT2D eigenvalue weighted by Gasteiger charge is 2.21. The van der Waals surface area contributed by atoms with Crippen molar-refractivity contribution in [1.82, 2.24) is 9.78 Å². The van der Waals surface area contributed by atoms with Crippen LogP contribution in [-0.4, -0.2) is 9.78 Å². The van der Waals surface area contributed by atoms with Gasteiger partial charge in [-0.05, 0) is 34.5 Å². The average Bonchev–Trinajstić information content (AvgIpc) is 2.73. The number of hydrogen-bond donors (Lipinski definition) is 1. The lowest BCUT2D eigenvalue weighted by Gasteiger charge is -2.16. The van der Waals surface area contributed by atoms with E-state index in [9.17, 15) is 4.39 Å². The van der Waals surface area contributed by atoms with Crippen molar-refractivity contribution in [2.24, 2.45) is 5.73 Å². The maximum atomic E-state index is 13.5. The number of halogens is 3. The minimum absolute atomic E-state index is 0.346. The molecule has 3 nitrogen and oxygen atoms in total. The van der Waals surface area contributed by atoms with Gasteiger partial charge in [0.05, 0.1) is 27.4 Å². The summed E-state index contributed by atoms with van der Waals surface area (Å²) in [5.41, 5.74) is 7.50. The molecule has 1 unspecified atom stereocenters. The average molecular weight is 333 g/mol. The highest BCUT2D eigenvalue weighted by atomic mass is 79.9. The summed E-state index contributed by atoms with van der Waals surface area (Å²) in [4.78, 5) is 0. The third kappa shape index (κ3) is 2.30. The quantitative estimate of drug-likeness (QED) is 0.935. The minimum Gasteiger partial charge on any atom is -0.319 e. The van der Waals surface area contributed by atoms with Crippen molar-refractivity contribution in [2.75, 3.05) is 0 Å². The topological polar surface area (TPSA) is 43.8 Å². The summed E-state index contributed by atoms with van der Waals surface area (Å²) in [5.74, 6) is -0.346. The first-order valence-corrected chi connectivity index (χ1v) is 6.64. The molecule has 0 aliphatic carbocycles. The molecule has 18 heavy (non-hydrogen) atoms. The first-order valence-electron chi connectivity index (χ1n) is 5.47. The molecule has 2 N–H and O–H groups in total. The van der Waals surface area contributed by atoms with Gasteiger partial charge in [-0.2, -0.15) is 5.10 Å². The number of nitrogens with zero attached hydrogens (tertiary/aromatic N) is 2. The van der Waals surface area contributed by atoms with Gasteiger partial charge < -0.3 is 5.73 Å². The van der Waals surface area contributed by atoms with Crippen LogP contribution in [0.1, 0.15) is 24.2 Å². The second kappa shape index (κ2) is 5.38. The van der Waals surface area contributed by atoms with Crippen LogP contribution < -0.4 is 5.73 Å². The lowest BCUT2D eigenvalue weighted by Crippen LogP contribution is -2.18. The Bertz CT molecular complexity index is 570. The fraction of sp³-hybridized carbons (Fsp3) is 0.250. The summed E-state index contributed by atoms with van der Waals surface area (Å²) in [6.45, 7) is 2.60. The molecule has 1 aromatic heterocycles. The van der Waals surface area contributed by atoms with Crippen LogP contribution in [0.25, 0.3) is 0 Å². The number of rotatable bonds is 3. The van der Waals surface area contributed by atoms with Crippen molar-refractivity contribution < 1.29 is 4.39 Å². The number of hydrogen-bond acceptors (Lipinski definition) is 2. The molecule has 0 saturated carbocycles. The van der Waals surface area contributed by atoms with Crippen LogP contribution in [0.15, 0.2) is 28.9 Å². The number of benzene rings is 1. The molecule has 0 aliphatic rings. The molecule has 0 bridgehead atoms. The van der Waals surface area contributed by atoms with Crippen molar-refractivity contribution in [2.45, 2.75) is 19.5 Å². The molecule has 0 saturated heterocycles. The van der Waals surface area contributed by atoms with E-state index < -0.39 is 6.04 Å². The summed E-state index contributed by atoms with van der Waals surface area (Å²) in [6, 6.07) is 4.24. The van der Waals surface area contributed by atoms with Crippen molar-refractivity contribution in [3.8, 4) is 0 Å². The van der Waals surface area contributed by atoms with Crippen molar-refractivity contribution >= 4 is 27.5 Å². The van der Waals surface area contributed by atoms with Gasteiger partial charge in [0.15, 0.2) is 0 Å². The molecule has 2 aromatic rings. The third-order valence-corrected chi connectivity index (χ3v) is 3.87. The molecule has 2 rings (SSSR count). The molecule has 1 heterocycles. The van der Waals surface area contributed by atoms with Crippen LogP contribution in [-0.2, 0) is 6.54 Å². The molecule has 0 radical (unpaired) electrons. The third-order valence-electron chi connectivity index (χ3n) is 2.74. The summed E-state index contributed by atoms with van der Waals surface area (Å²) in [5, 5.41) is 4.62. The molecular weight excluding hydrogens is 321 g/mol. The zero-order valence-electron chi connectivity index (χ0n) is 9.70. The van der Waals surface area contributed by atoms with E-state index >= 15 is 0 Å². The van der Waals surface area contributed by atoms with Gasteiger partial charge in [0.2, 0.25) is 0 Å². The van der Waals surface area contributed by atoms with E-state index in [1.807, 2.05) is 6.92 Å². The maximum Gasteiger partial charge on any atom is 0.137 e. The number of nitrogens with two attached hydrogens (primary N) is 1. The summed E-state index contributed by atoms with van der Waals surface area (Å²) in [7, 11) is 0. The smallest absolute Gasteiger partial charge is 0.137 e. The fourth-order valence-corrected chi connectivity index (χ4v) is 2.61. The molecular formula is C12H12BrClFN3. The van der Waals surface area contributed by atoms with E-state index in [0.29, 0.717) is 27.3 Å². The Morgan fingerprint density at radius 1 is 1.56 bits per heavy atom. The van der Waals surface area contributed by atoms with Crippen LogP contribution >= 0.6 is 27.5 Å². The normalized spacial score (nSPS) is 12.7. The van der Waals surface area contributed by atoms with Crippen molar-refractivity contribution in [1.29, 1.82) is 0 Å². The maximum absolute atomic E-state index is 13.5. The molecule has 0 aliphatic heterocycles. The predicted octanol–water partition coefficient (Wildman–Crippen LogP) is 3.51. The summed E-state index contributed by atoms with van der Waals surface area (Å²) >= 11 is 9.30. The van der Waals surface area contributed by atoms with Crippen LogP contribution in [0.5, 0.6) is 0 Å². The van der Waals surface area contributed by atoms with Gasteiger partial charge in [0, 0.05) is 6.54 Å². The van der Waals surface area contributed by atoms with Crippen LogP contribution in [0.2, 0.25) is 5.02 Å². The lowest BCUT2D eigenvalue weighted by atomic mass is 10.0. The fourth-order valence-electron chi connectivity index (χ4n) is 1.84. The van der Waals surface area contributed by atoms with Crippen LogP contribution in [0.3, 0.4) is 0 Å². The predicted molar refractivity (Wildman–Crippen MR) is 73.0 cm³/mol. The van der Waals surface area contributed by atoms with Gasteiger partial charge in [-0.1, -0.05) is 23.7 Å². The van der Waals surface area contributed by atoms with Gasteiger partial charge in [-0.15, -0.1) is 0 Å². The first kappa shape index (κ1) is 13.5. The minimum atomic E-state index is -0.523. The highest BCUT2D eigenvalue weighted by molar-refractivity contribution is 9.10. The monoisotopic (exact) mass is 331 g/mol. The molecule has 6 heteroatoms. The van der Waals surface area contributed by atoms with Crippen LogP contribution in [0.4, 0.5) is 4.39 Å². The molecule has 0 fully saturated rings. The van der Waals surface area contributed by atoms with Gasteiger partial charge in [0.25, 0.3) is 0 Å². The number of aryl methyl sites for hydroxylation is 1. The van der Waals surface area contributed by atoms with Crippen molar-refractivity contribution in [3.05, 3.63) is 51.0 Å². The summed E-state index contributed by atoms with van der Waals surface area (Å²) in [6.07, 6.45) is 1.55. The Labute approximate surface area is 118 Å². The Hall–Kier alpha value is -0.910. The SMILES string of the molecule is CCn1ncc(Cl)c1C(N)c1cccc(F)c1Br. The molecule has 1 atom stereocenters. The van der Waals surface area contributed by atoms with E-state index in [-0.39, 0.29) is 5.82 Å². The first-order chi connectivity index (χ1) is 8.56. The van der Waals surface area contributed by atoms with Gasteiger partial charge >= 0.3 is 0 Å². The Morgan fingerprint density at radius 3 is 2.94 bits per heavy atom. The lowest BCUT2D eigenvalue weighted by molar-refractivity contribution is 0.591. The Morgan fingerprint density at radius 2 is 2.28 bits per heavy atom. The Balaban J connectivity index is 2.51. The largest absolute Gasteiger partial charge is 0.319 e. The molecule has 96 valence electrons. The van der Waals surface area contributed by atoms with E-state index in [0.717, 1.165) is 0 Å². The molecule has 1 aromatic carbocycles. The van der Waals surface area contributed by atoms with Crippen molar-refractivity contribution in [3.63, 3.8) is 0 Å². The van der Waals surface area contributed by atoms with E-state index in [2.05, 4.69) is 21.0 Å². The summed E-state index contributed by atoms with van der Waals surface area (Å²) < 4.78 is 15.6. The van der Waals surface area contributed by atoms with E-state index in [4.69, 9.17) is 17.3 Å².